The summed E-state index contributed by atoms with van der Waals surface area (Å²) in [7, 11) is 0. The molecule has 1 aliphatic rings. The van der Waals surface area contributed by atoms with Gasteiger partial charge in [-0.2, -0.15) is 4.99 Å². The van der Waals surface area contributed by atoms with Crippen LogP contribution in [0.1, 0.15) is 12.5 Å². The van der Waals surface area contributed by atoms with Gasteiger partial charge in [0, 0.05) is 12.6 Å². The van der Waals surface area contributed by atoms with Crippen LogP contribution in [0, 0.1) is 0 Å². The number of hydrogen-bond donors (Lipinski definition) is 2. The van der Waals surface area contributed by atoms with Crippen LogP contribution in [0.4, 0.5) is 5.69 Å². The molecule has 0 aliphatic carbocycles. The third kappa shape index (κ3) is 6.03. The van der Waals surface area contributed by atoms with E-state index in [-0.39, 0.29) is 23.6 Å². The maximum absolute atomic E-state index is 12.0. The molecule has 2 aromatic carbocycles. The third-order valence-electron chi connectivity index (χ3n) is 3.57. The van der Waals surface area contributed by atoms with Crippen LogP contribution in [0.2, 0.25) is 0 Å². The van der Waals surface area contributed by atoms with Crippen molar-refractivity contribution in [3.63, 3.8) is 0 Å². The minimum Gasteiger partial charge on any atom is -0.483 e. The number of amides is 3. The predicted octanol–water partition coefficient (Wildman–Crippen LogP) is 3.57. The summed E-state index contributed by atoms with van der Waals surface area (Å²) >= 11 is 4.51. The molecule has 0 unspecified atom stereocenters. The van der Waals surface area contributed by atoms with E-state index in [1.165, 1.54) is 6.92 Å². The van der Waals surface area contributed by atoms with Crippen molar-refractivity contribution in [2.24, 2.45) is 4.99 Å². The molecule has 29 heavy (non-hydrogen) atoms. The van der Waals surface area contributed by atoms with Gasteiger partial charge in [0.1, 0.15) is 5.75 Å². The van der Waals surface area contributed by atoms with E-state index in [9.17, 15) is 14.4 Å². The molecule has 0 aromatic heterocycles. The highest BCUT2D eigenvalue weighted by atomic mass is 79.9. The number of carbonyl (C=O) groups is 3. The molecule has 9 heteroatoms. The van der Waals surface area contributed by atoms with Crippen molar-refractivity contribution in [3.8, 4) is 5.75 Å². The van der Waals surface area contributed by atoms with Gasteiger partial charge in [0.2, 0.25) is 5.91 Å². The smallest absolute Gasteiger partial charge is 0.286 e. The highest BCUT2D eigenvalue weighted by Crippen LogP contribution is 2.31. The summed E-state index contributed by atoms with van der Waals surface area (Å²) in [5.74, 6) is -0.473. The highest BCUT2D eigenvalue weighted by Gasteiger charge is 2.22. The second-order valence-electron chi connectivity index (χ2n) is 5.91. The Kier molecular flexibility index (Phi) is 6.84. The van der Waals surface area contributed by atoms with Crippen LogP contribution in [0.5, 0.6) is 5.75 Å². The lowest BCUT2D eigenvalue weighted by atomic mass is 10.2. The van der Waals surface area contributed by atoms with E-state index < -0.39 is 5.91 Å². The summed E-state index contributed by atoms with van der Waals surface area (Å²) in [5, 5.41) is 5.50. The minimum atomic E-state index is -0.409. The van der Waals surface area contributed by atoms with Crippen LogP contribution in [-0.4, -0.2) is 29.5 Å². The van der Waals surface area contributed by atoms with Gasteiger partial charge in [-0.15, -0.1) is 0 Å². The first-order valence-corrected chi connectivity index (χ1v) is 10.1. The van der Waals surface area contributed by atoms with Crippen molar-refractivity contribution in [1.29, 1.82) is 0 Å². The number of nitrogens with zero attached hydrogens (tertiary/aromatic N) is 1. The third-order valence-corrected chi connectivity index (χ3v) is 5.09. The zero-order valence-electron chi connectivity index (χ0n) is 15.3. The summed E-state index contributed by atoms with van der Waals surface area (Å²) < 4.78 is 6.19. The molecule has 0 radical (unpaired) electrons. The van der Waals surface area contributed by atoms with E-state index >= 15 is 0 Å². The van der Waals surface area contributed by atoms with Crippen LogP contribution < -0.4 is 15.4 Å². The average molecular weight is 474 g/mol. The first kappa shape index (κ1) is 20.8. The summed E-state index contributed by atoms with van der Waals surface area (Å²) in [5.41, 5.74) is 1.44. The largest absolute Gasteiger partial charge is 0.483 e. The Bertz CT molecular complexity index is 1020. The van der Waals surface area contributed by atoms with Crippen LogP contribution in [0.25, 0.3) is 6.08 Å². The standard InChI is InChI=1S/C20H16BrN3O4S/c1-12(25)22-20-24-19(27)17(29-20)10-13-7-8-16(15(21)9-13)28-11-18(26)23-14-5-3-2-4-6-14/h2-10H,11H2,1H3,(H,23,26)(H,22,24,25,27)/b17-10-. The second-order valence-corrected chi connectivity index (χ2v) is 7.79. The lowest BCUT2D eigenvalue weighted by Crippen LogP contribution is -2.23. The lowest BCUT2D eigenvalue weighted by molar-refractivity contribution is -0.118. The molecule has 1 aliphatic heterocycles. The lowest BCUT2D eigenvalue weighted by Gasteiger charge is -2.09. The zero-order valence-corrected chi connectivity index (χ0v) is 17.7. The Morgan fingerprint density at radius 2 is 1.93 bits per heavy atom. The molecule has 0 bridgehead atoms. The Balaban J connectivity index is 1.60. The van der Waals surface area contributed by atoms with E-state index in [2.05, 4.69) is 31.6 Å². The SMILES string of the molecule is CC(=O)NC1=NC(=O)/C(=C/c2ccc(OCC(=O)Nc3ccccc3)c(Br)c2)S1. The summed E-state index contributed by atoms with van der Waals surface area (Å²) in [4.78, 5) is 39.2. The first-order valence-electron chi connectivity index (χ1n) is 8.48. The summed E-state index contributed by atoms with van der Waals surface area (Å²) in [6.45, 7) is 1.21. The predicted molar refractivity (Wildman–Crippen MR) is 117 cm³/mol. The van der Waals surface area contributed by atoms with Crippen molar-refractivity contribution in [3.05, 3.63) is 63.5 Å². The van der Waals surface area contributed by atoms with E-state index in [4.69, 9.17) is 4.74 Å². The number of ether oxygens (including phenoxy) is 1. The number of amidine groups is 1. The Labute approximate surface area is 179 Å². The van der Waals surface area contributed by atoms with Gasteiger partial charge < -0.3 is 15.4 Å². The van der Waals surface area contributed by atoms with Gasteiger partial charge in [-0.25, -0.2) is 0 Å². The Morgan fingerprint density at radius 1 is 1.17 bits per heavy atom. The van der Waals surface area contributed by atoms with E-state index in [1.807, 2.05) is 18.2 Å². The molecule has 0 fully saturated rings. The molecule has 0 saturated carbocycles. The van der Waals surface area contributed by atoms with Crippen LogP contribution >= 0.6 is 27.7 Å². The van der Waals surface area contributed by atoms with Gasteiger partial charge in [0.15, 0.2) is 11.8 Å². The molecule has 0 spiro atoms. The van der Waals surface area contributed by atoms with E-state index in [0.29, 0.717) is 20.8 Å². The van der Waals surface area contributed by atoms with E-state index in [0.717, 1.165) is 17.3 Å². The molecular formula is C20H16BrN3O4S. The molecule has 0 atom stereocenters. The average Bonchev–Trinajstić information content (AvgIpc) is 3.00. The number of hydrogen-bond acceptors (Lipinski definition) is 5. The van der Waals surface area contributed by atoms with Crippen LogP contribution in [-0.2, 0) is 14.4 Å². The van der Waals surface area contributed by atoms with Crippen molar-refractivity contribution in [1.82, 2.24) is 5.32 Å². The quantitative estimate of drug-likeness (QED) is 0.646. The minimum absolute atomic E-state index is 0.143. The molecule has 7 nitrogen and oxygen atoms in total. The summed E-state index contributed by atoms with van der Waals surface area (Å²) in [6, 6.07) is 14.3. The van der Waals surface area contributed by atoms with Crippen molar-refractivity contribution >= 4 is 62.3 Å². The number of anilines is 1. The maximum Gasteiger partial charge on any atom is 0.286 e. The number of carbonyl (C=O) groups excluding carboxylic acids is 3. The first-order chi connectivity index (χ1) is 13.9. The van der Waals surface area contributed by atoms with E-state index in [1.54, 1.807) is 36.4 Å². The molecular weight excluding hydrogens is 458 g/mol. The number of thioether (sulfide) groups is 1. The number of halogens is 1. The topological polar surface area (TPSA) is 96.9 Å². The van der Waals surface area contributed by atoms with Gasteiger partial charge in [0.25, 0.3) is 11.8 Å². The number of aliphatic imine (C=N–C) groups is 1. The molecule has 3 rings (SSSR count). The summed E-state index contributed by atoms with van der Waals surface area (Å²) in [6.07, 6.45) is 1.67. The number of benzene rings is 2. The molecule has 0 saturated heterocycles. The van der Waals surface area contributed by atoms with Crippen molar-refractivity contribution < 1.29 is 19.1 Å². The molecule has 2 N–H and O–H groups in total. The number of rotatable bonds is 5. The van der Waals surface area contributed by atoms with Crippen molar-refractivity contribution in [2.75, 3.05) is 11.9 Å². The monoisotopic (exact) mass is 473 g/mol. The maximum atomic E-state index is 12.0. The zero-order chi connectivity index (χ0) is 20.8. The second kappa shape index (κ2) is 9.53. The van der Waals surface area contributed by atoms with Gasteiger partial charge in [0.05, 0.1) is 9.38 Å². The number of nitrogens with one attached hydrogen (secondary N) is 2. The van der Waals surface area contributed by atoms with Crippen LogP contribution in [0.15, 0.2) is 62.9 Å². The van der Waals surface area contributed by atoms with Crippen LogP contribution in [0.3, 0.4) is 0 Å². The highest BCUT2D eigenvalue weighted by molar-refractivity contribution is 9.10. The molecule has 2 aromatic rings. The fourth-order valence-corrected chi connectivity index (χ4v) is 3.72. The Morgan fingerprint density at radius 3 is 2.62 bits per heavy atom. The Hall–Kier alpha value is -2.91. The van der Waals surface area contributed by atoms with Crippen molar-refractivity contribution in [2.45, 2.75) is 6.92 Å². The fourth-order valence-electron chi connectivity index (χ4n) is 2.35. The van der Waals surface area contributed by atoms with Gasteiger partial charge >= 0.3 is 0 Å². The van der Waals surface area contributed by atoms with Gasteiger partial charge in [-0.1, -0.05) is 24.3 Å². The fraction of sp³-hybridized carbons (Fsp3) is 0.100. The molecule has 1 heterocycles. The number of para-hydroxylation sites is 1. The molecule has 148 valence electrons. The normalized spacial score (nSPS) is 14.5. The van der Waals surface area contributed by atoms with Gasteiger partial charge in [-0.3, -0.25) is 14.4 Å². The molecule has 3 amide bonds. The van der Waals surface area contributed by atoms with Gasteiger partial charge in [-0.05, 0) is 63.6 Å².